The molecule has 0 radical (unpaired) electrons. The van der Waals surface area contributed by atoms with Crippen molar-refractivity contribution in [2.75, 3.05) is 7.11 Å². The van der Waals surface area contributed by atoms with Gasteiger partial charge >= 0.3 is 5.69 Å². The van der Waals surface area contributed by atoms with Gasteiger partial charge in [-0.3, -0.25) is 13.9 Å². The van der Waals surface area contributed by atoms with Gasteiger partial charge in [-0.25, -0.2) is 14.1 Å². The van der Waals surface area contributed by atoms with Crippen LogP contribution in [0.25, 0.3) is 28.2 Å². The predicted octanol–water partition coefficient (Wildman–Crippen LogP) is 6.03. The first-order valence-corrected chi connectivity index (χ1v) is 12.7. The van der Waals surface area contributed by atoms with E-state index >= 15 is 0 Å². The van der Waals surface area contributed by atoms with E-state index in [-0.39, 0.29) is 17.7 Å². The van der Waals surface area contributed by atoms with E-state index in [9.17, 15) is 9.59 Å². The molecule has 7 nitrogen and oxygen atoms in total. The Morgan fingerprint density at radius 2 is 1.53 bits per heavy atom. The third-order valence-corrected chi connectivity index (χ3v) is 7.17. The highest BCUT2D eigenvalue weighted by atomic mass is 35.5. The van der Waals surface area contributed by atoms with Gasteiger partial charge in [0.25, 0.3) is 5.56 Å². The lowest BCUT2D eigenvalue weighted by atomic mass is 10.2. The Kier molecular flexibility index (Phi) is 7.02. The van der Waals surface area contributed by atoms with Gasteiger partial charge in [-0.2, -0.15) is 0 Å². The molecule has 36 heavy (non-hydrogen) atoms. The van der Waals surface area contributed by atoms with Gasteiger partial charge in [-0.1, -0.05) is 59.1 Å². The standard InChI is InChI=1S/C25H18Cl3N4O3P/c1-35-36-32-24(33)21-23(30(25(32)34)14-15-6-8-16(26)9-7-15)29-22(19-4-2-3-5-20(19)28)31(21)18-12-10-17(27)11-13-18/h2-13,36H,14H2,1H3. The largest absolute Gasteiger partial charge is 0.344 e. The lowest BCUT2D eigenvalue weighted by Gasteiger charge is -2.13. The molecular formula is C25H18Cl3N4O3P. The molecule has 2 heterocycles. The zero-order valence-electron chi connectivity index (χ0n) is 18.8. The van der Waals surface area contributed by atoms with Gasteiger partial charge < -0.3 is 4.52 Å². The highest BCUT2D eigenvalue weighted by Crippen LogP contribution is 2.32. The van der Waals surface area contributed by atoms with Gasteiger partial charge in [0.2, 0.25) is 0 Å². The monoisotopic (exact) mass is 558 g/mol. The minimum atomic E-state index is -0.533. The van der Waals surface area contributed by atoms with Crippen LogP contribution in [-0.2, 0) is 11.1 Å². The third-order valence-electron chi connectivity index (χ3n) is 5.58. The van der Waals surface area contributed by atoms with Crippen LogP contribution in [0.15, 0.2) is 82.4 Å². The van der Waals surface area contributed by atoms with Crippen LogP contribution in [0.4, 0.5) is 0 Å². The van der Waals surface area contributed by atoms with Crippen molar-refractivity contribution in [3.63, 3.8) is 0 Å². The van der Waals surface area contributed by atoms with Crippen molar-refractivity contribution >= 4 is 54.9 Å². The van der Waals surface area contributed by atoms with Crippen LogP contribution < -0.4 is 11.2 Å². The molecule has 182 valence electrons. The molecule has 0 saturated carbocycles. The number of benzene rings is 3. The average molecular weight is 560 g/mol. The molecule has 2 aromatic heterocycles. The first-order chi connectivity index (χ1) is 17.4. The first-order valence-electron chi connectivity index (χ1n) is 10.7. The quantitative estimate of drug-likeness (QED) is 0.238. The molecule has 0 amide bonds. The molecular weight excluding hydrogens is 542 g/mol. The van der Waals surface area contributed by atoms with E-state index in [1.165, 1.54) is 11.7 Å². The summed E-state index contributed by atoms with van der Waals surface area (Å²) in [5.41, 5.74) is 1.44. The maximum atomic E-state index is 13.7. The Morgan fingerprint density at radius 1 is 0.889 bits per heavy atom. The SMILES string of the molecule is COPn1c(=O)c2c(nc(-c3ccccc3Cl)n2-c2ccc(Cl)cc2)n(Cc2ccc(Cl)cc2)c1=O. The number of rotatable bonds is 6. The molecule has 0 spiro atoms. The minimum absolute atomic E-state index is 0.167. The van der Waals surface area contributed by atoms with Crippen LogP contribution in [0.1, 0.15) is 5.56 Å². The summed E-state index contributed by atoms with van der Waals surface area (Å²) in [6.07, 6.45) is 0. The molecule has 0 N–H and O–H groups in total. The van der Waals surface area contributed by atoms with Crippen LogP contribution in [0.3, 0.4) is 0 Å². The lowest BCUT2D eigenvalue weighted by molar-refractivity contribution is 0.466. The number of halogens is 3. The number of aromatic nitrogens is 4. The summed E-state index contributed by atoms with van der Waals surface area (Å²) in [6, 6.07) is 21.3. The van der Waals surface area contributed by atoms with Crippen molar-refractivity contribution in [1.82, 2.24) is 18.5 Å². The Balaban J connectivity index is 1.91. The molecule has 0 aliphatic carbocycles. The maximum absolute atomic E-state index is 13.7. The summed E-state index contributed by atoms with van der Waals surface area (Å²) < 4.78 is 9.45. The smallest absolute Gasteiger partial charge is 0.338 e. The summed E-state index contributed by atoms with van der Waals surface area (Å²) in [4.78, 5) is 32.0. The van der Waals surface area contributed by atoms with E-state index in [0.717, 1.165) is 9.90 Å². The van der Waals surface area contributed by atoms with Gasteiger partial charge in [-0.05, 0) is 54.1 Å². The van der Waals surface area contributed by atoms with Crippen LogP contribution >= 0.6 is 43.8 Å². The zero-order chi connectivity index (χ0) is 25.4. The number of imidazole rings is 1. The molecule has 0 aliphatic heterocycles. The fraction of sp³-hybridized carbons (Fsp3) is 0.0800. The Bertz CT molecular complexity index is 1690. The second-order valence-corrected chi connectivity index (χ2v) is 10.1. The van der Waals surface area contributed by atoms with E-state index in [4.69, 9.17) is 44.3 Å². The number of hydrogen-bond donors (Lipinski definition) is 0. The van der Waals surface area contributed by atoms with Crippen LogP contribution in [-0.4, -0.2) is 25.6 Å². The predicted molar refractivity (Wildman–Crippen MR) is 146 cm³/mol. The van der Waals surface area contributed by atoms with Crippen molar-refractivity contribution in [3.05, 3.63) is 114 Å². The summed E-state index contributed by atoms with van der Waals surface area (Å²) in [7, 11) is 0.924. The van der Waals surface area contributed by atoms with Gasteiger partial charge in [0.1, 0.15) is 14.8 Å². The summed E-state index contributed by atoms with van der Waals surface area (Å²) >= 11 is 18.7. The molecule has 0 fully saturated rings. The van der Waals surface area contributed by atoms with Crippen molar-refractivity contribution in [2.45, 2.75) is 6.54 Å². The maximum Gasteiger partial charge on any atom is 0.338 e. The van der Waals surface area contributed by atoms with E-state index < -0.39 is 20.2 Å². The molecule has 1 atom stereocenters. The zero-order valence-corrected chi connectivity index (χ0v) is 22.1. The van der Waals surface area contributed by atoms with Gasteiger partial charge in [0, 0.05) is 28.4 Å². The van der Waals surface area contributed by atoms with Crippen LogP contribution in [0, 0.1) is 0 Å². The second kappa shape index (κ2) is 10.2. The second-order valence-electron chi connectivity index (χ2n) is 7.83. The fourth-order valence-electron chi connectivity index (χ4n) is 3.94. The van der Waals surface area contributed by atoms with Crippen LogP contribution in [0.2, 0.25) is 15.1 Å². The number of hydrogen-bond acceptors (Lipinski definition) is 4. The van der Waals surface area contributed by atoms with E-state index in [2.05, 4.69) is 0 Å². The molecule has 0 saturated heterocycles. The number of fused-ring (bicyclic) bond motifs is 1. The van der Waals surface area contributed by atoms with Gasteiger partial charge in [-0.15, -0.1) is 0 Å². The Hall–Kier alpha value is -2.93. The topological polar surface area (TPSA) is 71.1 Å². The van der Waals surface area contributed by atoms with Gasteiger partial charge in [0.05, 0.1) is 11.6 Å². The lowest BCUT2D eigenvalue weighted by Crippen LogP contribution is -2.37. The van der Waals surface area contributed by atoms with Crippen molar-refractivity contribution < 1.29 is 4.52 Å². The third kappa shape index (κ3) is 4.49. The molecule has 1 unspecified atom stereocenters. The molecule has 0 bridgehead atoms. The molecule has 0 aliphatic rings. The van der Waals surface area contributed by atoms with Crippen molar-refractivity contribution in [1.29, 1.82) is 0 Å². The van der Waals surface area contributed by atoms with Crippen molar-refractivity contribution in [2.24, 2.45) is 0 Å². The highest BCUT2D eigenvalue weighted by Gasteiger charge is 2.24. The van der Waals surface area contributed by atoms with Crippen molar-refractivity contribution in [3.8, 4) is 17.1 Å². The molecule has 11 heteroatoms. The molecule has 3 aromatic carbocycles. The van der Waals surface area contributed by atoms with Gasteiger partial charge in [0.15, 0.2) is 11.2 Å². The number of nitrogens with zero attached hydrogens (tertiary/aromatic N) is 4. The first kappa shape index (κ1) is 24.8. The van der Waals surface area contributed by atoms with E-state index in [1.54, 1.807) is 47.0 Å². The molecule has 5 aromatic rings. The van der Waals surface area contributed by atoms with Crippen LogP contribution in [0.5, 0.6) is 0 Å². The summed E-state index contributed by atoms with van der Waals surface area (Å²) in [5.74, 6) is 0.415. The highest BCUT2D eigenvalue weighted by molar-refractivity contribution is 7.30. The summed E-state index contributed by atoms with van der Waals surface area (Å²) in [5, 5.41) is 1.57. The van der Waals surface area contributed by atoms with E-state index in [1.807, 2.05) is 30.3 Å². The average Bonchev–Trinajstić information content (AvgIpc) is 3.27. The minimum Gasteiger partial charge on any atom is -0.344 e. The van der Waals surface area contributed by atoms with E-state index in [0.29, 0.717) is 32.1 Å². The molecule has 5 rings (SSSR count). The normalized spacial score (nSPS) is 11.7. The Morgan fingerprint density at radius 3 is 2.17 bits per heavy atom. The Labute approximate surface area is 222 Å². The fourth-order valence-corrected chi connectivity index (χ4v) is 4.99. The summed E-state index contributed by atoms with van der Waals surface area (Å²) in [6.45, 7) is 0.167.